The summed E-state index contributed by atoms with van der Waals surface area (Å²) < 4.78 is 5.87. The normalized spacial score (nSPS) is 11.9. The van der Waals surface area contributed by atoms with Crippen molar-refractivity contribution in [3.63, 3.8) is 0 Å². The molecular formula is C42H68O3. The monoisotopic (exact) mass is 621 g/mol. The van der Waals surface area contributed by atoms with Gasteiger partial charge in [0.15, 0.2) is 0 Å². The molecule has 3 heteroatoms. The number of aryl methyl sites for hydroxylation is 1. The van der Waals surface area contributed by atoms with E-state index in [1.807, 2.05) is 30.3 Å². The molecule has 0 fully saturated rings. The molecule has 1 unspecified atom stereocenters. The van der Waals surface area contributed by atoms with Crippen LogP contribution in [0.2, 0.25) is 0 Å². The lowest BCUT2D eigenvalue weighted by molar-refractivity contribution is -0.142. The molecule has 0 bridgehead atoms. The van der Waals surface area contributed by atoms with Crippen molar-refractivity contribution in [1.82, 2.24) is 0 Å². The van der Waals surface area contributed by atoms with Crippen LogP contribution in [0.15, 0.2) is 54.6 Å². The molecule has 2 aromatic carbocycles. The highest BCUT2D eigenvalue weighted by Gasteiger charge is 2.16. The molecule has 0 aromatic heterocycles. The molecule has 0 amide bonds. The van der Waals surface area contributed by atoms with E-state index in [9.17, 15) is 9.90 Å². The summed E-state index contributed by atoms with van der Waals surface area (Å²) in [7, 11) is 0. The van der Waals surface area contributed by atoms with Crippen LogP contribution in [0.25, 0.3) is 0 Å². The van der Waals surface area contributed by atoms with Crippen LogP contribution in [0.3, 0.4) is 0 Å². The molecule has 45 heavy (non-hydrogen) atoms. The van der Waals surface area contributed by atoms with E-state index >= 15 is 0 Å². The molecule has 2 rings (SSSR count). The van der Waals surface area contributed by atoms with E-state index in [1.54, 1.807) is 0 Å². The number of carboxylic acids is 1. The van der Waals surface area contributed by atoms with E-state index in [2.05, 4.69) is 31.2 Å². The zero-order chi connectivity index (χ0) is 32.0. The molecule has 0 saturated heterocycles. The number of aliphatic carboxylic acids is 1. The third-order valence-electron chi connectivity index (χ3n) is 9.46. The summed E-state index contributed by atoms with van der Waals surface area (Å²) in [5, 5.41) is 9.73. The molecule has 0 saturated carbocycles. The van der Waals surface area contributed by atoms with E-state index in [1.165, 1.54) is 140 Å². The van der Waals surface area contributed by atoms with Crippen molar-refractivity contribution in [1.29, 1.82) is 0 Å². The Hall–Kier alpha value is -2.29. The number of carbonyl (C=O) groups is 1. The second-order valence-corrected chi connectivity index (χ2v) is 13.6. The van der Waals surface area contributed by atoms with Gasteiger partial charge < -0.3 is 9.84 Å². The van der Waals surface area contributed by atoms with E-state index in [4.69, 9.17) is 4.74 Å². The van der Waals surface area contributed by atoms with E-state index in [0.29, 0.717) is 13.0 Å². The Morgan fingerprint density at radius 2 is 0.956 bits per heavy atom. The van der Waals surface area contributed by atoms with Crippen LogP contribution in [-0.4, -0.2) is 11.1 Å². The predicted molar refractivity (Wildman–Crippen MR) is 193 cm³/mol. The summed E-state index contributed by atoms with van der Waals surface area (Å²) in [5.74, 6) is -0.0343. The zero-order valence-corrected chi connectivity index (χ0v) is 29.1. The van der Waals surface area contributed by atoms with Crippen LogP contribution in [0, 0.1) is 5.92 Å². The Balaban J connectivity index is 1.35. The Bertz CT molecular complexity index is 923. The van der Waals surface area contributed by atoms with Gasteiger partial charge in [-0.3, -0.25) is 4.79 Å². The fourth-order valence-electron chi connectivity index (χ4n) is 6.40. The van der Waals surface area contributed by atoms with Crippen molar-refractivity contribution < 1.29 is 14.6 Å². The van der Waals surface area contributed by atoms with E-state index in [-0.39, 0.29) is 5.92 Å². The van der Waals surface area contributed by atoms with Gasteiger partial charge in [0.25, 0.3) is 0 Å². The molecule has 3 nitrogen and oxygen atoms in total. The Labute approximate surface area is 278 Å². The van der Waals surface area contributed by atoms with Gasteiger partial charge in [0.1, 0.15) is 12.4 Å². The number of unbranched alkanes of at least 4 members (excludes halogenated alkanes) is 22. The summed E-state index contributed by atoms with van der Waals surface area (Å²) in [6.07, 6.45) is 34.1. The van der Waals surface area contributed by atoms with E-state index in [0.717, 1.165) is 37.0 Å². The van der Waals surface area contributed by atoms with Gasteiger partial charge in [-0.05, 0) is 42.5 Å². The van der Waals surface area contributed by atoms with Gasteiger partial charge in [0.2, 0.25) is 0 Å². The highest BCUT2D eigenvalue weighted by Crippen LogP contribution is 2.21. The maximum atomic E-state index is 11.8. The smallest absolute Gasteiger partial charge is 0.306 e. The molecule has 1 N–H and O–H groups in total. The third kappa shape index (κ3) is 22.0. The number of benzene rings is 2. The Morgan fingerprint density at radius 3 is 1.38 bits per heavy atom. The van der Waals surface area contributed by atoms with Crippen molar-refractivity contribution in [3.8, 4) is 5.75 Å². The number of rotatable bonds is 31. The molecule has 0 spiro atoms. The Morgan fingerprint density at radius 1 is 0.533 bits per heavy atom. The number of hydrogen-bond donors (Lipinski definition) is 1. The van der Waals surface area contributed by atoms with Crippen molar-refractivity contribution >= 4 is 5.97 Å². The summed E-state index contributed by atoms with van der Waals surface area (Å²) >= 11 is 0. The molecule has 0 aliphatic rings. The molecular weight excluding hydrogens is 552 g/mol. The number of ether oxygens (including phenoxy) is 1. The van der Waals surface area contributed by atoms with Gasteiger partial charge in [-0.1, -0.05) is 197 Å². The molecule has 1 atom stereocenters. The first-order valence-corrected chi connectivity index (χ1v) is 19.2. The second kappa shape index (κ2) is 28.0. The van der Waals surface area contributed by atoms with Gasteiger partial charge >= 0.3 is 5.97 Å². The largest absolute Gasteiger partial charge is 0.489 e. The topological polar surface area (TPSA) is 46.5 Å². The van der Waals surface area contributed by atoms with Crippen molar-refractivity contribution in [2.24, 2.45) is 5.92 Å². The quantitative estimate of drug-likeness (QED) is 0.0853. The standard InChI is InChI=1S/C42H68O3/c1-2-3-4-5-6-7-8-9-10-11-12-13-14-15-16-17-18-19-20-21-22-23-27-30-40(42(43)44)34-31-38-32-35-41(36-33-38)45-37-39-28-25-24-26-29-39/h24-26,28-29,32-33,35-36,40H,2-23,27,30-31,34,37H2,1H3,(H,43,44). The lowest BCUT2D eigenvalue weighted by Crippen LogP contribution is -2.14. The van der Waals surface area contributed by atoms with E-state index < -0.39 is 5.97 Å². The van der Waals surface area contributed by atoms with Gasteiger partial charge in [-0.2, -0.15) is 0 Å². The lowest BCUT2D eigenvalue weighted by Gasteiger charge is -2.13. The van der Waals surface area contributed by atoms with Crippen molar-refractivity contribution in [3.05, 3.63) is 65.7 Å². The molecule has 0 aliphatic heterocycles. The fraction of sp³-hybridized carbons (Fsp3) is 0.690. The van der Waals surface area contributed by atoms with Gasteiger partial charge in [-0.15, -0.1) is 0 Å². The highest BCUT2D eigenvalue weighted by atomic mass is 16.5. The van der Waals surface area contributed by atoms with Crippen molar-refractivity contribution in [2.75, 3.05) is 0 Å². The first kappa shape index (κ1) is 38.9. The van der Waals surface area contributed by atoms with Gasteiger partial charge in [0.05, 0.1) is 5.92 Å². The molecule has 254 valence electrons. The summed E-state index contributed by atoms with van der Waals surface area (Å²) in [6, 6.07) is 18.3. The van der Waals surface area contributed by atoms with Crippen LogP contribution in [0.5, 0.6) is 5.75 Å². The first-order valence-electron chi connectivity index (χ1n) is 19.2. The second-order valence-electron chi connectivity index (χ2n) is 13.6. The summed E-state index contributed by atoms with van der Waals surface area (Å²) in [6.45, 7) is 2.85. The lowest BCUT2D eigenvalue weighted by atomic mass is 9.93. The minimum absolute atomic E-state index is 0.242. The molecule has 0 aliphatic carbocycles. The SMILES string of the molecule is CCCCCCCCCCCCCCCCCCCCCCCCCC(CCc1ccc(OCc2ccccc2)cc1)C(=O)O. The Kier molecular flexibility index (Phi) is 24.2. The maximum absolute atomic E-state index is 11.8. The maximum Gasteiger partial charge on any atom is 0.306 e. The average molecular weight is 621 g/mol. The molecule has 0 heterocycles. The summed E-state index contributed by atoms with van der Waals surface area (Å²) in [5.41, 5.74) is 2.33. The minimum Gasteiger partial charge on any atom is -0.489 e. The zero-order valence-electron chi connectivity index (χ0n) is 29.1. The fourth-order valence-corrected chi connectivity index (χ4v) is 6.40. The van der Waals surface area contributed by atoms with Crippen molar-refractivity contribution in [2.45, 2.75) is 180 Å². The third-order valence-corrected chi connectivity index (χ3v) is 9.46. The highest BCUT2D eigenvalue weighted by molar-refractivity contribution is 5.69. The van der Waals surface area contributed by atoms with Crippen LogP contribution < -0.4 is 4.74 Å². The number of hydrogen-bond acceptors (Lipinski definition) is 2. The molecule has 0 radical (unpaired) electrons. The van der Waals surface area contributed by atoms with Gasteiger partial charge in [-0.25, -0.2) is 0 Å². The first-order chi connectivity index (χ1) is 22.2. The molecule has 2 aromatic rings. The van der Waals surface area contributed by atoms with Crippen LogP contribution in [0.4, 0.5) is 0 Å². The number of carboxylic acid groups (broad SMARTS) is 1. The van der Waals surface area contributed by atoms with Crippen LogP contribution in [0.1, 0.15) is 179 Å². The minimum atomic E-state index is -0.642. The average Bonchev–Trinajstić information content (AvgIpc) is 3.06. The van der Waals surface area contributed by atoms with Crippen LogP contribution >= 0.6 is 0 Å². The summed E-state index contributed by atoms with van der Waals surface area (Å²) in [4.78, 5) is 11.8. The van der Waals surface area contributed by atoms with Gasteiger partial charge in [0, 0.05) is 0 Å². The predicted octanol–water partition coefficient (Wildman–Crippen LogP) is 13.3. The van der Waals surface area contributed by atoms with Crippen LogP contribution in [-0.2, 0) is 17.8 Å².